The number of rotatable bonds is 6. The van der Waals surface area contributed by atoms with Crippen molar-refractivity contribution in [1.82, 2.24) is 0 Å². The predicted octanol–water partition coefficient (Wildman–Crippen LogP) is 4.17. The van der Waals surface area contributed by atoms with Gasteiger partial charge in [-0.15, -0.1) is 0 Å². The van der Waals surface area contributed by atoms with Gasteiger partial charge >= 0.3 is 0 Å². The van der Waals surface area contributed by atoms with Crippen LogP contribution < -0.4 is 18.9 Å². The molecule has 0 aliphatic heterocycles. The van der Waals surface area contributed by atoms with Crippen molar-refractivity contribution in [2.24, 2.45) is 0 Å². The van der Waals surface area contributed by atoms with E-state index in [1.807, 2.05) is 43.3 Å². The van der Waals surface area contributed by atoms with Crippen LogP contribution in [0.3, 0.4) is 0 Å². The largest absolute Gasteiger partial charge is 0.493 e. The van der Waals surface area contributed by atoms with E-state index in [2.05, 4.69) is 6.08 Å². The molecule has 0 atom stereocenters. The number of allylic oxidation sites excluding steroid dienone is 1. The maximum atomic E-state index is 5.39. The SMILES string of the molecule is CC=C(c1ccc(OC)c(OC)c1)c1ccc(OC)c(OC)c1.[V]. The summed E-state index contributed by atoms with van der Waals surface area (Å²) in [6.07, 6.45) is 2.06. The van der Waals surface area contributed by atoms with Gasteiger partial charge < -0.3 is 18.9 Å². The van der Waals surface area contributed by atoms with Crippen molar-refractivity contribution in [1.29, 1.82) is 0 Å². The predicted molar refractivity (Wildman–Crippen MR) is 91.8 cm³/mol. The third-order valence-electron chi connectivity index (χ3n) is 3.68. The third-order valence-corrected chi connectivity index (χ3v) is 3.68. The quantitative estimate of drug-likeness (QED) is 0.770. The second-order valence-electron chi connectivity index (χ2n) is 4.84. The van der Waals surface area contributed by atoms with Crippen molar-refractivity contribution in [3.05, 3.63) is 53.6 Å². The average Bonchev–Trinajstić information content (AvgIpc) is 2.61. The summed E-state index contributed by atoms with van der Waals surface area (Å²) in [5.41, 5.74) is 3.15. The molecule has 0 fully saturated rings. The Hall–Kier alpha value is -2.04. The zero-order valence-corrected chi connectivity index (χ0v) is 16.0. The molecule has 0 saturated carbocycles. The number of hydrogen-bond donors (Lipinski definition) is 0. The fourth-order valence-corrected chi connectivity index (χ4v) is 2.51. The first-order valence-electron chi connectivity index (χ1n) is 7.29. The molecular weight excluding hydrogens is 343 g/mol. The van der Waals surface area contributed by atoms with Gasteiger partial charge in [-0.2, -0.15) is 0 Å². The summed E-state index contributed by atoms with van der Waals surface area (Å²) >= 11 is 0. The van der Waals surface area contributed by atoms with Crippen molar-refractivity contribution in [2.45, 2.75) is 6.92 Å². The van der Waals surface area contributed by atoms with Crippen LogP contribution in [0.2, 0.25) is 0 Å². The van der Waals surface area contributed by atoms with Crippen LogP contribution in [0, 0.1) is 0 Å². The zero-order valence-electron chi connectivity index (χ0n) is 14.6. The standard InChI is InChI=1S/C19H22O4.V/c1-6-15(13-7-9-16(20-2)18(11-13)22-4)14-8-10-17(21-3)19(12-14)23-5;/h6-12H,1-5H3;. The molecule has 2 aromatic carbocycles. The average molecular weight is 365 g/mol. The molecule has 5 heteroatoms. The molecule has 1 radical (unpaired) electrons. The van der Waals surface area contributed by atoms with E-state index >= 15 is 0 Å². The van der Waals surface area contributed by atoms with Crippen molar-refractivity contribution in [3.8, 4) is 23.0 Å². The Balaban J connectivity index is 0.00000288. The Bertz CT molecular complexity index is 653. The summed E-state index contributed by atoms with van der Waals surface area (Å²) in [6, 6.07) is 11.7. The molecule has 24 heavy (non-hydrogen) atoms. The number of benzene rings is 2. The van der Waals surface area contributed by atoms with Gasteiger partial charge in [0, 0.05) is 18.6 Å². The van der Waals surface area contributed by atoms with Gasteiger partial charge in [0.1, 0.15) is 0 Å². The summed E-state index contributed by atoms with van der Waals surface area (Å²) in [5, 5.41) is 0. The molecule has 0 saturated heterocycles. The molecule has 2 rings (SSSR count). The fraction of sp³-hybridized carbons (Fsp3) is 0.263. The van der Waals surface area contributed by atoms with Gasteiger partial charge in [0.25, 0.3) is 0 Å². The molecule has 0 spiro atoms. The monoisotopic (exact) mass is 365 g/mol. The van der Waals surface area contributed by atoms with Crippen LogP contribution in [-0.2, 0) is 18.6 Å². The van der Waals surface area contributed by atoms with Crippen LogP contribution in [0.25, 0.3) is 5.57 Å². The molecule has 0 aliphatic carbocycles. The molecular formula is C19H22O4V. The third kappa shape index (κ3) is 4.08. The molecule has 0 heterocycles. The molecule has 2 aromatic rings. The summed E-state index contributed by atoms with van der Waals surface area (Å²) in [5.74, 6) is 2.81. The molecule has 127 valence electrons. The minimum Gasteiger partial charge on any atom is -0.493 e. The van der Waals surface area contributed by atoms with E-state index in [0.717, 1.165) is 16.7 Å². The van der Waals surface area contributed by atoms with Gasteiger partial charge in [-0.1, -0.05) is 18.2 Å². The van der Waals surface area contributed by atoms with E-state index in [1.165, 1.54) is 0 Å². The van der Waals surface area contributed by atoms with Crippen molar-refractivity contribution in [3.63, 3.8) is 0 Å². The minimum atomic E-state index is 0. The molecule has 0 N–H and O–H groups in total. The normalized spacial score (nSPS) is 9.54. The summed E-state index contributed by atoms with van der Waals surface area (Å²) in [7, 11) is 6.52. The van der Waals surface area contributed by atoms with Crippen molar-refractivity contribution >= 4 is 5.57 Å². The maximum Gasteiger partial charge on any atom is 0.161 e. The van der Waals surface area contributed by atoms with Gasteiger partial charge in [0.15, 0.2) is 23.0 Å². The van der Waals surface area contributed by atoms with E-state index in [9.17, 15) is 0 Å². The molecule has 4 nitrogen and oxygen atoms in total. The summed E-state index contributed by atoms with van der Waals surface area (Å²) < 4.78 is 21.4. The van der Waals surface area contributed by atoms with E-state index in [0.29, 0.717) is 23.0 Å². The summed E-state index contributed by atoms with van der Waals surface area (Å²) in [4.78, 5) is 0. The molecule has 0 aliphatic rings. The first kappa shape index (κ1) is 20.0. The topological polar surface area (TPSA) is 36.9 Å². The summed E-state index contributed by atoms with van der Waals surface area (Å²) in [6.45, 7) is 2.00. The Kier molecular flexibility index (Phi) is 7.76. The van der Waals surface area contributed by atoms with Gasteiger partial charge in [0.05, 0.1) is 28.4 Å². The van der Waals surface area contributed by atoms with Crippen molar-refractivity contribution < 1.29 is 37.5 Å². The van der Waals surface area contributed by atoms with E-state index in [1.54, 1.807) is 28.4 Å². The first-order valence-corrected chi connectivity index (χ1v) is 7.29. The van der Waals surface area contributed by atoms with Crippen LogP contribution in [0.1, 0.15) is 18.1 Å². The minimum absolute atomic E-state index is 0. The van der Waals surface area contributed by atoms with Crippen molar-refractivity contribution in [2.75, 3.05) is 28.4 Å². The molecule has 0 bridgehead atoms. The Labute approximate surface area is 155 Å². The van der Waals surface area contributed by atoms with Gasteiger partial charge in [-0.25, -0.2) is 0 Å². The van der Waals surface area contributed by atoms with E-state index in [-0.39, 0.29) is 18.6 Å². The van der Waals surface area contributed by atoms with Crippen LogP contribution >= 0.6 is 0 Å². The van der Waals surface area contributed by atoms with Crippen LogP contribution in [0.4, 0.5) is 0 Å². The first-order chi connectivity index (χ1) is 11.2. The molecule has 0 amide bonds. The van der Waals surface area contributed by atoms with Crippen LogP contribution in [0.5, 0.6) is 23.0 Å². The number of ether oxygens (including phenoxy) is 4. The number of hydrogen-bond acceptors (Lipinski definition) is 4. The zero-order chi connectivity index (χ0) is 16.8. The second-order valence-corrected chi connectivity index (χ2v) is 4.84. The van der Waals surface area contributed by atoms with Gasteiger partial charge in [0.2, 0.25) is 0 Å². The Morgan fingerprint density at radius 2 is 1.04 bits per heavy atom. The van der Waals surface area contributed by atoms with Crippen LogP contribution in [-0.4, -0.2) is 28.4 Å². The van der Waals surface area contributed by atoms with Crippen LogP contribution in [0.15, 0.2) is 42.5 Å². The second kappa shape index (κ2) is 9.31. The smallest absolute Gasteiger partial charge is 0.161 e. The number of methoxy groups -OCH3 is 4. The Morgan fingerprint density at radius 1 is 0.667 bits per heavy atom. The maximum absolute atomic E-state index is 5.39. The molecule has 0 unspecified atom stereocenters. The van der Waals surface area contributed by atoms with Gasteiger partial charge in [-0.05, 0) is 47.9 Å². The van der Waals surface area contributed by atoms with Gasteiger partial charge in [-0.3, -0.25) is 0 Å². The van der Waals surface area contributed by atoms with E-state index in [4.69, 9.17) is 18.9 Å². The fourth-order valence-electron chi connectivity index (χ4n) is 2.51. The van der Waals surface area contributed by atoms with E-state index < -0.39 is 0 Å². The Morgan fingerprint density at radius 3 is 1.33 bits per heavy atom. The molecule has 0 aromatic heterocycles.